The SMILES string of the molecule is Cc1ccc(NC(=O)NC2CCCCC2NC(=O)c2csc(COc3ccc(C(C)C)cc3)n2)cc1C. The standard InChI is InChI=1S/C29H36N4O3S/c1-18(2)21-10-13-23(14-11-21)36-16-27-31-26(17-37-27)28(34)32-24-7-5-6-8-25(24)33-29(35)30-22-12-9-19(3)20(4)15-22/h9-15,17-18,24-25H,5-8,16H2,1-4H3,(H,32,34)(H2,30,33,35). The Morgan fingerprint density at radius 3 is 2.38 bits per heavy atom. The molecule has 4 rings (SSSR count). The molecule has 1 aromatic heterocycles. The summed E-state index contributed by atoms with van der Waals surface area (Å²) in [6.45, 7) is 8.68. The lowest BCUT2D eigenvalue weighted by Gasteiger charge is -2.32. The van der Waals surface area contributed by atoms with Crippen LogP contribution in [0.3, 0.4) is 0 Å². The third-order valence-electron chi connectivity index (χ3n) is 6.86. The average molecular weight is 521 g/mol. The minimum atomic E-state index is -0.260. The highest BCUT2D eigenvalue weighted by molar-refractivity contribution is 7.09. The summed E-state index contributed by atoms with van der Waals surface area (Å²) in [5, 5.41) is 11.6. The molecule has 1 saturated carbocycles. The zero-order valence-electron chi connectivity index (χ0n) is 22.0. The summed E-state index contributed by atoms with van der Waals surface area (Å²) in [6.07, 6.45) is 3.65. The van der Waals surface area contributed by atoms with E-state index in [0.29, 0.717) is 18.2 Å². The summed E-state index contributed by atoms with van der Waals surface area (Å²) < 4.78 is 5.86. The Balaban J connectivity index is 1.30. The van der Waals surface area contributed by atoms with E-state index in [0.717, 1.165) is 47.7 Å². The van der Waals surface area contributed by atoms with Crippen molar-refractivity contribution in [1.29, 1.82) is 0 Å². The van der Waals surface area contributed by atoms with Gasteiger partial charge in [-0.25, -0.2) is 9.78 Å². The fourth-order valence-electron chi connectivity index (χ4n) is 4.45. The average Bonchev–Trinajstić information content (AvgIpc) is 3.36. The van der Waals surface area contributed by atoms with Crippen LogP contribution in [0.5, 0.6) is 5.75 Å². The van der Waals surface area contributed by atoms with Crippen molar-refractivity contribution < 1.29 is 14.3 Å². The Morgan fingerprint density at radius 1 is 1.00 bits per heavy atom. The van der Waals surface area contributed by atoms with Gasteiger partial charge >= 0.3 is 6.03 Å². The molecule has 1 aliphatic rings. The molecule has 2 unspecified atom stereocenters. The van der Waals surface area contributed by atoms with Crippen molar-refractivity contribution >= 4 is 29.0 Å². The van der Waals surface area contributed by atoms with E-state index in [1.165, 1.54) is 22.5 Å². The predicted molar refractivity (Wildman–Crippen MR) is 149 cm³/mol. The third-order valence-corrected chi connectivity index (χ3v) is 7.68. The second-order valence-corrected chi connectivity index (χ2v) is 10.9. The van der Waals surface area contributed by atoms with E-state index in [2.05, 4.69) is 46.9 Å². The quantitative estimate of drug-likeness (QED) is 0.324. The number of benzene rings is 2. The summed E-state index contributed by atoms with van der Waals surface area (Å²) in [7, 11) is 0. The first-order valence-electron chi connectivity index (χ1n) is 12.9. The van der Waals surface area contributed by atoms with E-state index in [9.17, 15) is 9.59 Å². The lowest BCUT2D eigenvalue weighted by atomic mass is 9.90. The monoisotopic (exact) mass is 520 g/mol. The smallest absolute Gasteiger partial charge is 0.319 e. The lowest BCUT2D eigenvalue weighted by Crippen LogP contribution is -2.54. The van der Waals surface area contributed by atoms with E-state index in [4.69, 9.17) is 4.74 Å². The molecule has 1 heterocycles. The van der Waals surface area contributed by atoms with Gasteiger partial charge in [-0.05, 0) is 73.6 Å². The molecular weight excluding hydrogens is 484 g/mol. The fourth-order valence-corrected chi connectivity index (χ4v) is 5.13. The van der Waals surface area contributed by atoms with Gasteiger partial charge in [0.2, 0.25) is 0 Å². The zero-order chi connectivity index (χ0) is 26.4. The van der Waals surface area contributed by atoms with Crippen LogP contribution in [-0.2, 0) is 6.61 Å². The van der Waals surface area contributed by atoms with E-state index in [1.807, 2.05) is 44.2 Å². The van der Waals surface area contributed by atoms with Gasteiger partial charge < -0.3 is 20.7 Å². The van der Waals surface area contributed by atoms with Crippen molar-refractivity contribution in [2.75, 3.05) is 5.32 Å². The minimum Gasteiger partial charge on any atom is -0.486 e. The van der Waals surface area contributed by atoms with Crippen molar-refractivity contribution in [2.45, 2.75) is 78.0 Å². The molecule has 1 aliphatic carbocycles. The number of amides is 3. The molecule has 0 aliphatic heterocycles. The number of aromatic nitrogens is 1. The van der Waals surface area contributed by atoms with E-state index in [-0.39, 0.29) is 24.0 Å². The molecule has 3 N–H and O–H groups in total. The maximum atomic E-state index is 13.0. The number of hydrogen-bond acceptors (Lipinski definition) is 5. The second-order valence-electron chi connectivity index (χ2n) is 10.0. The Kier molecular flexibility index (Phi) is 8.82. The summed E-state index contributed by atoms with van der Waals surface area (Å²) in [5.74, 6) is 1.03. The van der Waals surface area contributed by atoms with Crippen LogP contribution in [-0.4, -0.2) is 29.0 Å². The van der Waals surface area contributed by atoms with Gasteiger partial charge in [-0.1, -0.05) is 44.9 Å². The number of carbonyl (C=O) groups is 2. The molecule has 0 bridgehead atoms. The Morgan fingerprint density at radius 2 is 1.70 bits per heavy atom. The number of hydrogen-bond donors (Lipinski definition) is 3. The van der Waals surface area contributed by atoms with Crippen LogP contribution in [0.15, 0.2) is 47.8 Å². The summed E-state index contributed by atoms with van der Waals surface area (Å²) >= 11 is 1.41. The lowest BCUT2D eigenvalue weighted by molar-refractivity contribution is 0.0911. The van der Waals surface area contributed by atoms with Crippen LogP contribution in [0.2, 0.25) is 0 Å². The van der Waals surface area contributed by atoms with Crippen LogP contribution in [0.1, 0.15) is 77.6 Å². The number of anilines is 1. The summed E-state index contributed by atoms with van der Waals surface area (Å²) in [6, 6.07) is 13.4. The van der Waals surface area contributed by atoms with E-state index < -0.39 is 0 Å². The maximum absolute atomic E-state index is 13.0. The second kappa shape index (κ2) is 12.2. The molecule has 2 aromatic carbocycles. The molecule has 2 atom stereocenters. The van der Waals surface area contributed by atoms with Crippen LogP contribution >= 0.6 is 11.3 Å². The highest BCUT2D eigenvalue weighted by Gasteiger charge is 2.28. The zero-order valence-corrected chi connectivity index (χ0v) is 22.8. The molecule has 37 heavy (non-hydrogen) atoms. The first-order valence-corrected chi connectivity index (χ1v) is 13.8. The van der Waals surface area contributed by atoms with Crippen molar-refractivity contribution in [2.24, 2.45) is 0 Å². The van der Waals surface area contributed by atoms with E-state index >= 15 is 0 Å². The number of ether oxygens (including phenoxy) is 1. The van der Waals surface area contributed by atoms with Crippen molar-refractivity contribution in [3.63, 3.8) is 0 Å². The number of urea groups is 1. The maximum Gasteiger partial charge on any atom is 0.319 e. The third kappa shape index (κ3) is 7.32. The molecule has 196 valence electrons. The number of rotatable bonds is 8. The van der Waals surface area contributed by atoms with Gasteiger partial charge in [0, 0.05) is 17.1 Å². The number of thiazole rings is 1. The molecule has 8 heteroatoms. The Bertz CT molecular complexity index is 1220. The number of nitrogens with one attached hydrogen (secondary N) is 3. The van der Waals surface area contributed by atoms with Gasteiger partial charge in [0.05, 0.1) is 6.04 Å². The van der Waals surface area contributed by atoms with Gasteiger partial charge in [0.25, 0.3) is 5.91 Å². The number of aryl methyl sites for hydroxylation is 2. The molecule has 3 aromatic rings. The van der Waals surface area contributed by atoms with Crippen LogP contribution in [0.25, 0.3) is 0 Å². The fraction of sp³-hybridized carbons (Fsp3) is 0.414. The highest BCUT2D eigenvalue weighted by atomic mass is 32.1. The Hall–Kier alpha value is -3.39. The first kappa shape index (κ1) is 26.7. The largest absolute Gasteiger partial charge is 0.486 e. The first-order chi connectivity index (χ1) is 17.8. The topological polar surface area (TPSA) is 92.4 Å². The number of nitrogens with zero attached hydrogens (tertiary/aromatic N) is 1. The van der Waals surface area contributed by atoms with Crippen molar-refractivity contribution in [3.8, 4) is 5.75 Å². The Labute approximate surface area is 223 Å². The molecule has 0 saturated heterocycles. The van der Waals surface area contributed by atoms with Crippen molar-refractivity contribution in [3.05, 3.63) is 75.2 Å². The summed E-state index contributed by atoms with van der Waals surface area (Å²) in [4.78, 5) is 30.1. The van der Waals surface area contributed by atoms with Crippen molar-refractivity contribution in [1.82, 2.24) is 15.6 Å². The molecule has 3 amide bonds. The molecule has 0 spiro atoms. The molecular formula is C29H36N4O3S. The summed E-state index contributed by atoms with van der Waals surface area (Å²) in [5.41, 5.74) is 4.70. The van der Waals surface area contributed by atoms with Gasteiger partial charge in [0.15, 0.2) is 0 Å². The predicted octanol–water partition coefficient (Wildman–Crippen LogP) is 6.33. The van der Waals surface area contributed by atoms with Gasteiger partial charge in [0.1, 0.15) is 23.1 Å². The van der Waals surface area contributed by atoms with Gasteiger partial charge in [-0.2, -0.15) is 0 Å². The molecule has 7 nitrogen and oxygen atoms in total. The van der Waals surface area contributed by atoms with Gasteiger partial charge in [-0.15, -0.1) is 11.3 Å². The normalized spacial score (nSPS) is 17.3. The minimum absolute atomic E-state index is 0.139. The van der Waals surface area contributed by atoms with E-state index in [1.54, 1.807) is 5.38 Å². The highest BCUT2D eigenvalue weighted by Crippen LogP contribution is 2.22. The molecule has 0 radical (unpaired) electrons. The van der Waals surface area contributed by atoms with Crippen LogP contribution in [0.4, 0.5) is 10.5 Å². The van der Waals surface area contributed by atoms with Crippen LogP contribution < -0.4 is 20.7 Å². The van der Waals surface area contributed by atoms with Gasteiger partial charge in [-0.3, -0.25) is 4.79 Å². The number of carbonyl (C=O) groups excluding carboxylic acids is 2. The molecule has 1 fully saturated rings. The van der Waals surface area contributed by atoms with Crippen LogP contribution in [0, 0.1) is 13.8 Å².